The molecular weight excluding hydrogens is 349 g/mol. The average Bonchev–Trinajstić information content (AvgIpc) is 2.67. The highest BCUT2D eigenvalue weighted by Gasteiger charge is 2.19. The Morgan fingerprint density at radius 2 is 1.93 bits per heavy atom. The Kier molecular flexibility index (Phi) is 7.31. The number of likely N-dealkylation sites (N-methyl/N-ethyl adjacent to an activating group) is 1. The number of imide groups is 1. The SMILES string of the molecule is CCN(CC(=O)NC(=O)Nc1ccccc1F)C(C)c1cccc(OC)c1. The largest absolute Gasteiger partial charge is 0.497 e. The van der Waals surface area contributed by atoms with Crippen molar-refractivity contribution in [2.45, 2.75) is 19.9 Å². The third kappa shape index (κ3) is 5.79. The van der Waals surface area contributed by atoms with Gasteiger partial charge in [-0.25, -0.2) is 9.18 Å². The van der Waals surface area contributed by atoms with Gasteiger partial charge in [-0.05, 0) is 43.3 Å². The molecule has 2 aromatic carbocycles. The molecule has 0 saturated carbocycles. The minimum absolute atomic E-state index is 0.0138. The van der Waals surface area contributed by atoms with Gasteiger partial charge < -0.3 is 10.1 Å². The van der Waals surface area contributed by atoms with E-state index in [1.807, 2.05) is 43.0 Å². The van der Waals surface area contributed by atoms with Gasteiger partial charge in [0.1, 0.15) is 11.6 Å². The van der Waals surface area contributed by atoms with E-state index in [4.69, 9.17) is 4.74 Å². The molecule has 0 fully saturated rings. The zero-order chi connectivity index (χ0) is 19.8. The summed E-state index contributed by atoms with van der Waals surface area (Å²) in [5.41, 5.74) is 1.01. The number of carbonyl (C=O) groups excluding carboxylic acids is 2. The van der Waals surface area contributed by atoms with Crippen molar-refractivity contribution >= 4 is 17.6 Å². The number of nitrogens with one attached hydrogen (secondary N) is 2. The monoisotopic (exact) mass is 373 g/mol. The molecule has 27 heavy (non-hydrogen) atoms. The Bertz CT molecular complexity index is 798. The molecule has 1 unspecified atom stereocenters. The number of anilines is 1. The van der Waals surface area contributed by atoms with E-state index in [2.05, 4.69) is 10.6 Å². The van der Waals surface area contributed by atoms with E-state index in [-0.39, 0.29) is 18.3 Å². The maximum Gasteiger partial charge on any atom is 0.326 e. The molecule has 0 aromatic heterocycles. The molecule has 3 amide bonds. The summed E-state index contributed by atoms with van der Waals surface area (Å²) in [6.07, 6.45) is 0. The lowest BCUT2D eigenvalue weighted by Crippen LogP contribution is -2.42. The van der Waals surface area contributed by atoms with Crippen LogP contribution in [0.15, 0.2) is 48.5 Å². The van der Waals surface area contributed by atoms with E-state index in [0.29, 0.717) is 6.54 Å². The van der Waals surface area contributed by atoms with E-state index < -0.39 is 17.8 Å². The highest BCUT2D eigenvalue weighted by Crippen LogP contribution is 2.23. The van der Waals surface area contributed by atoms with Gasteiger partial charge in [0.25, 0.3) is 0 Å². The number of halogens is 1. The topological polar surface area (TPSA) is 70.7 Å². The third-order valence-corrected chi connectivity index (χ3v) is 4.25. The second kappa shape index (κ2) is 9.68. The quantitative estimate of drug-likeness (QED) is 0.778. The van der Waals surface area contributed by atoms with Crippen molar-refractivity contribution in [2.24, 2.45) is 0 Å². The van der Waals surface area contributed by atoms with E-state index >= 15 is 0 Å². The summed E-state index contributed by atoms with van der Waals surface area (Å²) >= 11 is 0. The molecule has 144 valence electrons. The second-order valence-electron chi connectivity index (χ2n) is 6.00. The molecule has 0 radical (unpaired) electrons. The first-order valence-electron chi connectivity index (χ1n) is 8.68. The Morgan fingerprint density at radius 1 is 1.19 bits per heavy atom. The highest BCUT2D eigenvalue weighted by molar-refractivity contribution is 6.01. The lowest BCUT2D eigenvalue weighted by atomic mass is 10.1. The molecule has 0 aliphatic carbocycles. The number of carbonyl (C=O) groups is 2. The van der Waals surface area contributed by atoms with Crippen molar-refractivity contribution in [2.75, 3.05) is 25.5 Å². The maximum absolute atomic E-state index is 13.6. The summed E-state index contributed by atoms with van der Waals surface area (Å²) in [5.74, 6) is -0.300. The molecule has 0 spiro atoms. The van der Waals surface area contributed by atoms with Crippen molar-refractivity contribution in [1.82, 2.24) is 10.2 Å². The minimum Gasteiger partial charge on any atom is -0.497 e. The molecule has 0 saturated heterocycles. The molecule has 2 aromatic rings. The predicted octanol–water partition coefficient (Wildman–Crippen LogP) is 3.57. The van der Waals surface area contributed by atoms with Gasteiger partial charge in [0.2, 0.25) is 5.91 Å². The summed E-state index contributed by atoms with van der Waals surface area (Å²) in [6, 6.07) is 12.6. The molecule has 0 aliphatic rings. The standard InChI is InChI=1S/C20H24FN3O3/c1-4-24(14(2)15-8-7-9-16(12-15)27-3)13-19(25)23-20(26)22-18-11-6-5-10-17(18)21/h5-12,14H,4,13H2,1-3H3,(H2,22,23,25,26). The Morgan fingerprint density at radius 3 is 2.59 bits per heavy atom. The number of methoxy groups -OCH3 is 1. The summed E-state index contributed by atoms with van der Waals surface area (Å²) in [5, 5.41) is 4.55. The first kappa shape index (κ1) is 20.4. The Balaban J connectivity index is 1.95. The van der Waals surface area contributed by atoms with Crippen LogP contribution in [0.1, 0.15) is 25.5 Å². The fourth-order valence-corrected chi connectivity index (χ4v) is 2.70. The third-order valence-electron chi connectivity index (χ3n) is 4.25. The van der Waals surface area contributed by atoms with Gasteiger partial charge in [-0.3, -0.25) is 15.0 Å². The number of hydrogen-bond donors (Lipinski definition) is 2. The van der Waals surface area contributed by atoms with Gasteiger partial charge in [-0.2, -0.15) is 0 Å². The first-order valence-corrected chi connectivity index (χ1v) is 8.68. The van der Waals surface area contributed by atoms with Crippen LogP contribution in [0.3, 0.4) is 0 Å². The molecular formula is C20H24FN3O3. The van der Waals surface area contributed by atoms with E-state index in [0.717, 1.165) is 11.3 Å². The van der Waals surface area contributed by atoms with E-state index in [1.165, 1.54) is 18.2 Å². The van der Waals surface area contributed by atoms with Crippen LogP contribution in [0.25, 0.3) is 0 Å². The molecule has 1 atom stereocenters. The predicted molar refractivity (Wildman–Crippen MR) is 102 cm³/mol. The van der Waals surface area contributed by atoms with Crippen molar-refractivity contribution in [3.8, 4) is 5.75 Å². The van der Waals surface area contributed by atoms with Crippen LogP contribution in [-0.4, -0.2) is 37.0 Å². The van der Waals surface area contributed by atoms with Gasteiger partial charge in [0.05, 0.1) is 19.3 Å². The van der Waals surface area contributed by atoms with Crippen LogP contribution in [0, 0.1) is 5.82 Å². The van der Waals surface area contributed by atoms with Gasteiger partial charge in [-0.15, -0.1) is 0 Å². The van der Waals surface area contributed by atoms with Crippen LogP contribution in [0.2, 0.25) is 0 Å². The normalized spacial score (nSPS) is 11.7. The van der Waals surface area contributed by atoms with Crippen molar-refractivity contribution < 1.29 is 18.7 Å². The van der Waals surface area contributed by atoms with Crippen molar-refractivity contribution in [1.29, 1.82) is 0 Å². The zero-order valence-corrected chi connectivity index (χ0v) is 15.7. The molecule has 2 N–H and O–H groups in total. The number of urea groups is 1. The lowest BCUT2D eigenvalue weighted by Gasteiger charge is -2.27. The van der Waals surface area contributed by atoms with Crippen molar-refractivity contribution in [3.63, 3.8) is 0 Å². The van der Waals surface area contributed by atoms with E-state index in [1.54, 1.807) is 13.2 Å². The molecule has 0 aliphatic heterocycles. The lowest BCUT2D eigenvalue weighted by molar-refractivity contribution is -0.121. The highest BCUT2D eigenvalue weighted by atomic mass is 19.1. The van der Waals surface area contributed by atoms with Crippen molar-refractivity contribution in [3.05, 3.63) is 59.9 Å². The number of benzene rings is 2. The number of rotatable bonds is 7. The van der Waals surface area contributed by atoms with Crippen LogP contribution in [-0.2, 0) is 4.79 Å². The second-order valence-corrected chi connectivity index (χ2v) is 6.00. The molecule has 0 heterocycles. The number of amides is 3. The summed E-state index contributed by atoms with van der Waals surface area (Å²) < 4.78 is 18.8. The smallest absolute Gasteiger partial charge is 0.326 e. The number of para-hydroxylation sites is 1. The number of nitrogens with zero attached hydrogens (tertiary/aromatic N) is 1. The van der Waals surface area contributed by atoms with Gasteiger partial charge in [-0.1, -0.05) is 31.2 Å². The fourth-order valence-electron chi connectivity index (χ4n) is 2.70. The molecule has 2 rings (SSSR count). The Hall–Kier alpha value is -2.93. The number of hydrogen-bond acceptors (Lipinski definition) is 4. The first-order chi connectivity index (χ1) is 12.9. The Labute approximate surface area is 158 Å². The molecule has 6 nitrogen and oxygen atoms in total. The van der Waals surface area contributed by atoms with Gasteiger partial charge in [0, 0.05) is 6.04 Å². The zero-order valence-electron chi connectivity index (χ0n) is 15.7. The minimum atomic E-state index is -0.768. The van der Waals surface area contributed by atoms with Gasteiger partial charge in [0.15, 0.2) is 0 Å². The van der Waals surface area contributed by atoms with Gasteiger partial charge >= 0.3 is 6.03 Å². The molecule has 0 bridgehead atoms. The summed E-state index contributed by atoms with van der Waals surface area (Å²) in [6.45, 7) is 4.55. The maximum atomic E-state index is 13.6. The number of ether oxygens (including phenoxy) is 1. The van der Waals surface area contributed by atoms with E-state index in [9.17, 15) is 14.0 Å². The molecule has 7 heteroatoms. The van der Waals surface area contributed by atoms with Crippen LogP contribution in [0.4, 0.5) is 14.9 Å². The summed E-state index contributed by atoms with van der Waals surface area (Å²) in [7, 11) is 1.60. The van der Waals surface area contributed by atoms with Crippen LogP contribution < -0.4 is 15.4 Å². The van der Waals surface area contributed by atoms with Crippen LogP contribution >= 0.6 is 0 Å². The summed E-state index contributed by atoms with van der Waals surface area (Å²) in [4.78, 5) is 26.1. The average molecular weight is 373 g/mol. The fraction of sp³-hybridized carbons (Fsp3) is 0.300. The van der Waals surface area contributed by atoms with Crippen LogP contribution in [0.5, 0.6) is 5.75 Å².